The van der Waals surface area contributed by atoms with Crippen LogP contribution in [0.25, 0.3) is 0 Å². The third-order valence-electron chi connectivity index (χ3n) is 2.58. The second kappa shape index (κ2) is 4.39. The van der Waals surface area contributed by atoms with Crippen molar-refractivity contribution in [3.8, 4) is 5.75 Å². The number of nitrogens with two attached hydrogens (primary N) is 1. The molecule has 3 nitrogen and oxygen atoms in total. The second-order valence-corrected chi connectivity index (χ2v) is 4.12. The molecule has 0 amide bonds. The van der Waals surface area contributed by atoms with Gasteiger partial charge in [0, 0.05) is 17.1 Å². The lowest BCUT2D eigenvalue weighted by Gasteiger charge is -2.22. The van der Waals surface area contributed by atoms with Crippen LogP contribution in [0.5, 0.6) is 5.75 Å². The molecular formula is C11H14ClNO2. The zero-order valence-corrected chi connectivity index (χ0v) is 9.13. The lowest BCUT2D eigenvalue weighted by molar-refractivity contribution is 0.177. The van der Waals surface area contributed by atoms with Crippen molar-refractivity contribution < 1.29 is 9.84 Å². The van der Waals surface area contributed by atoms with Gasteiger partial charge in [-0.1, -0.05) is 11.6 Å². The highest BCUT2D eigenvalue weighted by atomic mass is 35.5. The molecule has 0 saturated heterocycles. The van der Waals surface area contributed by atoms with E-state index < -0.39 is 6.10 Å². The number of aliphatic hydroxyl groups excluding tert-OH is 1. The van der Waals surface area contributed by atoms with Gasteiger partial charge in [0.05, 0.1) is 12.7 Å². The predicted molar refractivity (Wildman–Crippen MR) is 59.3 cm³/mol. The molecule has 1 aliphatic heterocycles. The Kier molecular flexibility index (Phi) is 3.14. The average Bonchev–Trinajstić information content (AvgIpc) is 2.26. The first-order valence-corrected chi connectivity index (χ1v) is 5.43. The maximum Gasteiger partial charge on any atom is 0.128 e. The number of aliphatic hydroxyl groups is 1. The van der Waals surface area contributed by atoms with Crippen LogP contribution in [-0.4, -0.2) is 18.3 Å². The number of aryl methyl sites for hydroxylation is 1. The van der Waals surface area contributed by atoms with Gasteiger partial charge >= 0.3 is 0 Å². The highest BCUT2D eigenvalue weighted by Gasteiger charge is 2.19. The van der Waals surface area contributed by atoms with Gasteiger partial charge in [-0.15, -0.1) is 0 Å². The van der Waals surface area contributed by atoms with Gasteiger partial charge < -0.3 is 15.6 Å². The molecule has 82 valence electrons. The molecule has 1 aromatic rings. The van der Waals surface area contributed by atoms with E-state index in [-0.39, 0.29) is 6.54 Å². The maximum atomic E-state index is 9.75. The Labute approximate surface area is 93.8 Å². The van der Waals surface area contributed by atoms with Crippen LogP contribution in [0, 0.1) is 0 Å². The topological polar surface area (TPSA) is 55.5 Å². The molecule has 0 fully saturated rings. The van der Waals surface area contributed by atoms with Crippen molar-refractivity contribution in [1.82, 2.24) is 0 Å². The van der Waals surface area contributed by atoms with E-state index in [1.807, 2.05) is 6.07 Å². The van der Waals surface area contributed by atoms with E-state index in [4.69, 9.17) is 22.1 Å². The minimum atomic E-state index is -0.699. The smallest absolute Gasteiger partial charge is 0.128 e. The highest BCUT2D eigenvalue weighted by Crippen LogP contribution is 2.35. The van der Waals surface area contributed by atoms with Crippen LogP contribution < -0.4 is 10.5 Å². The maximum absolute atomic E-state index is 9.75. The van der Waals surface area contributed by atoms with E-state index in [1.54, 1.807) is 6.07 Å². The van der Waals surface area contributed by atoms with Gasteiger partial charge in [0.2, 0.25) is 0 Å². The number of rotatable bonds is 2. The Morgan fingerprint density at radius 2 is 2.33 bits per heavy atom. The molecule has 0 aliphatic carbocycles. The SMILES string of the molecule is NCC(O)c1cc(Cl)cc2c1OCCC2. The minimum Gasteiger partial charge on any atom is -0.493 e. The van der Waals surface area contributed by atoms with Gasteiger partial charge in [-0.3, -0.25) is 0 Å². The standard InChI is InChI=1S/C11H14ClNO2/c12-8-4-7-2-1-3-15-11(7)9(5-8)10(14)6-13/h4-5,10,14H,1-3,6,13H2. The lowest BCUT2D eigenvalue weighted by atomic mass is 9.99. The summed E-state index contributed by atoms with van der Waals surface area (Å²) in [6, 6.07) is 3.62. The Bertz CT molecular complexity index is 368. The Hall–Kier alpha value is -0.770. The minimum absolute atomic E-state index is 0.177. The molecule has 0 saturated carbocycles. The van der Waals surface area contributed by atoms with E-state index in [1.165, 1.54) is 0 Å². The van der Waals surface area contributed by atoms with Crippen molar-refractivity contribution >= 4 is 11.6 Å². The number of ether oxygens (including phenoxy) is 1. The summed E-state index contributed by atoms with van der Waals surface area (Å²) in [5, 5.41) is 10.4. The fourth-order valence-corrected chi connectivity index (χ4v) is 2.10. The van der Waals surface area contributed by atoms with Crippen LogP contribution in [0.15, 0.2) is 12.1 Å². The van der Waals surface area contributed by atoms with Crippen molar-refractivity contribution in [1.29, 1.82) is 0 Å². The summed E-state index contributed by atoms with van der Waals surface area (Å²) in [5.41, 5.74) is 7.21. The van der Waals surface area contributed by atoms with Gasteiger partial charge in [0.15, 0.2) is 0 Å². The normalized spacial score (nSPS) is 16.7. The number of halogens is 1. The molecule has 0 spiro atoms. The summed E-state index contributed by atoms with van der Waals surface area (Å²) in [6.07, 6.45) is 1.24. The Morgan fingerprint density at radius 3 is 3.07 bits per heavy atom. The van der Waals surface area contributed by atoms with Crippen molar-refractivity contribution in [2.75, 3.05) is 13.2 Å². The van der Waals surface area contributed by atoms with Crippen LogP contribution in [0.2, 0.25) is 5.02 Å². The van der Waals surface area contributed by atoms with E-state index in [0.29, 0.717) is 17.2 Å². The summed E-state index contributed by atoms with van der Waals surface area (Å²) in [6.45, 7) is 0.870. The quantitative estimate of drug-likeness (QED) is 0.808. The van der Waals surface area contributed by atoms with Crippen LogP contribution in [0.3, 0.4) is 0 Å². The first-order chi connectivity index (χ1) is 7.22. The van der Waals surface area contributed by atoms with Crippen molar-refractivity contribution in [3.63, 3.8) is 0 Å². The number of hydrogen-bond acceptors (Lipinski definition) is 3. The van der Waals surface area contributed by atoms with Crippen molar-refractivity contribution in [2.45, 2.75) is 18.9 Å². The van der Waals surface area contributed by atoms with Crippen LogP contribution in [-0.2, 0) is 6.42 Å². The zero-order chi connectivity index (χ0) is 10.8. The summed E-state index contributed by atoms with van der Waals surface area (Å²) in [5.74, 6) is 0.767. The van der Waals surface area contributed by atoms with Crippen LogP contribution in [0.1, 0.15) is 23.7 Å². The van der Waals surface area contributed by atoms with E-state index >= 15 is 0 Å². The summed E-state index contributed by atoms with van der Waals surface area (Å²) in [4.78, 5) is 0. The molecule has 1 atom stereocenters. The van der Waals surface area contributed by atoms with E-state index in [0.717, 1.165) is 24.2 Å². The van der Waals surface area contributed by atoms with Crippen molar-refractivity contribution in [2.24, 2.45) is 5.73 Å². The molecule has 0 radical (unpaired) electrons. The number of benzene rings is 1. The average molecular weight is 228 g/mol. The second-order valence-electron chi connectivity index (χ2n) is 3.69. The summed E-state index contributed by atoms with van der Waals surface area (Å²) < 4.78 is 5.56. The Balaban J connectivity index is 2.47. The van der Waals surface area contributed by atoms with E-state index in [2.05, 4.69) is 0 Å². The summed E-state index contributed by atoms with van der Waals surface area (Å²) in [7, 11) is 0. The molecule has 3 N–H and O–H groups in total. The largest absolute Gasteiger partial charge is 0.493 e. The molecule has 0 aromatic heterocycles. The van der Waals surface area contributed by atoms with E-state index in [9.17, 15) is 5.11 Å². The van der Waals surface area contributed by atoms with Crippen LogP contribution in [0.4, 0.5) is 0 Å². The molecule has 15 heavy (non-hydrogen) atoms. The Morgan fingerprint density at radius 1 is 1.53 bits per heavy atom. The third-order valence-corrected chi connectivity index (χ3v) is 2.80. The van der Waals surface area contributed by atoms with Crippen LogP contribution >= 0.6 is 11.6 Å². The number of fused-ring (bicyclic) bond motifs is 1. The van der Waals surface area contributed by atoms with Gasteiger partial charge in [0.25, 0.3) is 0 Å². The van der Waals surface area contributed by atoms with Gasteiger partial charge in [-0.25, -0.2) is 0 Å². The fourth-order valence-electron chi connectivity index (χ4n) is 1.85. The zero-order valence-electron chi connectivity index (χ0n) is 8.37. The van der Waals surface area contributed by atoms with Gasteiger partial charge in [-0.05, 0) is 30.5 Å². The molecule has 1 aliphatic rings. The molecule has 4 heteroatoms. The molecular weight excluding hydrogens is 214 g/mol. The van der Waals surface area contributed by atoms with Gasteiger partial charge in [0.1, 0.15) is 5.75 Å². The van der Waals surface area contributed by atoms with Gasteiger partial charge in [-0.2, -0.15) is 0 Å². The fraction of sp³-hybridized carbons (Fsp3) is 0.455. The summed E-state index contributed by atoms with van der Waals surface area (Å²) >= 11 is 5.98. The first kappa shape index (κ1) is 10.7. The first-order valence-electron chi connectivity index (χ1n) is 5.05. The monoisotopic (exact) mass is 227 g/mol. The molecule has 0 bridgehead atoms. The molecule has 2 rings (SSSR count). The number of hydrogen-bond donors (Lipinski definition) is 2. The molecule has 1 unspecified atom stereocenters. The highest BCUT2D eigenvalue weighted by molar-refractivity contribution is 6.30. The van der Waals surface area contributed by atoms with Crippen molar-refractivity contribution in [3.05, 3.63) is 28.3 Å². The third kappa shape index (κ3) is 2.09. The molecule has 1 aromatic carbocycles. The molecule has 1 heterocycles. The lowest BCUT2D eigenvalue weighted by Crippen LogP contribution is -2.16. The predicted octanol–water partition coefficient (Wildman–Crippen LogP) is 1.66.